The quantitative estimate of drug-likeness (QED) is 0.779. The highest BCUT2D eigenvalue weighted by atomic mass is 16.5. The second-order valence-electron chi connectivity index (χ2n) is 5.21. The first-order valence-electron chi connectivity index (χ1n) is 6.93. The van der Waals surface area contributed by atoms with Crippen LogP contribution in [0, 0.1) is 0 Å². The van der Waals surface area contributed by atoms with E-state index in [1.807, 2.05) is 0 Å². The van der Waals surface area contributed by atoms with Crippen LogP contribution in [-0.4, -0.2) is 37.2 Å². The monoisotopic (exact) mass is 240 g/mol. The molecule has 98 valence electrons. The minimum absolute atomic E-state index is 0.0737. The zero-order valence-electron chi connectivity index (χ0n) is 10.7. The first-order chi connectivity index (χ1) is 8.27. The van der Waals surface area contributed by atoms with Gasteiger partial charge in [0.1, 0.15) is 6.10 Å². The van der Waals surface area contributed by atoms with Crippen LogP contribution in [-0.2, 0) is 9.53 Å². The van der Waals surface area contributed by atoms with Gasteiger partial charge in [-0.15, -0.1) is 0 Å². The van der Waals surface area contributed by atoms with E-state index in [1.54, 1.807) is 0 Å². The van der Waals surface area contributed by atoms with Gasteiger partial charge in [-0.1, -0.05) is 6.42 Å². The fourth-order valence-electron chi connectivity index (χ4n) is 2.67. The summed E-state index contributed by atoms with van der Waals surface area (Å²) in [5, 5.41) is 6.56. The lowest BCUT2D eigenvalue weighted by molar-refractivity contribution is -0.136. The summed E-state index contributed by atoms with van der Waals surface area (Å²) >= 11 is 0. The lowest BCUT2D eigenvalue weighted by atomic mass is 9.98. The second kappa shape index (κ2) is 6.36. The SMILES string of the molecule is CC(NC(=O)C1CCCCO1)C1CCCCN1. The van der Waals surface area contributed by atoms with Gasteiger partial charge < -0.3 is 15.4 Å². The first-order valence-corrected chi connectivity index (χ1v) is 6.93. The number of ether oxygens (including phenoxy) is 1. The van der Waals surface area contributed by atoms with E-state index < -0.39 is 0 Å². The Morgan fingerprint density at radius 1 is 1.29 bits per heavy atom. The van der Waals surface area contributed by atoms with Crippen LogP contribution in [0.1, 0.15) is 45.4 Å². The Morgan fingerprint density at radius 2 is 2.12 bits per heavy atom. The zero-order valence-corrected chi connectivity index (χ0v) is 10.7. The highest BCUT2D eigenvalue weighted by Gasteiger charge is 2.26. The van der Waals surface area contributed by atoms with Crippen LogP contribution >= 0.6 is 0 Å². The second-order valence-corrected chi connectivity index (χ2v) is 5.21. The fourth-order valence-corrected chi connectivity index (χ4v) is 2.67. The summed E-state index contributed by atoms with van der Waals surface area (Å²) in [4.78, 5) is 12.0. The summed E-state index contributed by atoms with van der Waals surface area (Å²) in [6.45, 7) is 3.89. The maximum Gasteiger partial charge on any atom is 0.249 e. The van der Waals surface area contributed by atoms with Crippen molar-refractivity contribution < 1.29 is 9.53 Å². The Bertz CT molecular complexity index is 246. The molecule has 2 heterocycles. The summed E-state index contributed by atoms with van der Waals surface area (Å²) in [6.07, 6.45) is 6.52. The Hall–Kier alpha value is -0.610. The molecule has 4 heteroatoms. The van der Waals surface area contributed by atoms with Gasteiger partial charge in [-0.3, -0.25) is 4.79 Å². The topological polar surface area (TPSA) is 50.4 Å². The molecule has 2 N–H and O–H groups in total. The predicted molar refractivity (Wildman–Crippen MR) is 66.8 cm³/mol. The van der Waals surface area contributed by atoms with Gasteiger partial charge in [0.2, 0.25) is 5.91 Å². The summed E-state index contributed by atoms with van der Waals surface area (Å²) in [7, 11) is 0. The Morgan fingerprint density at radius 3 is 2.76 bits per heavy atom. The summed E-state index contributed by atoms with van der Waals surface area (Å²) in [5.74, 6) is 0.0737. The van der Waals surface area contributed by atoms with Crippen LogP contribution in [0.15, 0.2) is 0 Å². The maximum absolute atomic E-state index is 12.0. The van der Waals surface area contributed by atoms with E-state index in [1.165, 1.54) is 12.8 Å². The van der Waals surface area contributed by atoms with Crippen molar-refractivity contribution in [1.29, 1.82) is 0 Å². The van der Waals surface area contributed by atoms with Crippen molar-refractivity contribution in [2.24, 2.45) is 0 Å². The normalized spacial score (nSPS) is 31.8. The van der Waals surface area contributed by atoms with Crippen molar-refractivity contribution >= 4 is 5.91 Å². The van der Waals surface area contributed by atoms with Crippen molar-refractivity contribution in [2.75, 3.05) is 13.2 Å². The molecule has 0 spiro atoms. The molecule has 3 atom stereocenters. The lowest BCUT2D eigenvalue weighted by Gasteiger charge is -2.31. The zero-order chi connectivity index (χ0) is 12.1. The van der Waals surface area contributed by atoms with E-state index >= 15 is 0 Å². The van der Waals surface area contributed by atoms with Gasteiger partial charge in [0.15, 0.2) is 0 Å². The fraction of sp³-hybridized carbons (Fsp3) is 0.923. The number of amides is 1. The summed E-state index contributed by atoms with van der Waals surface area (Å²) in [5.41, 5.74) is 0. The van der Waals surface area contributed by atoms with Crippen molar-refractivity contribution in [3.05, 3.63) is 0 Å². The predicted octanol–water partition coefficient (Wildman–Crippen LogP) is 1.20. The molecule has 2 aliphatic rings. The molecule has 0 aromatic heterocycles. The van der Waals surface area contributed by atoms with Crippen molar-refractivity contribution in [1.82, 2.24) is 10.6 Å². The lowest BCUT2D eigenvalue weighted by Crippen LogP contribution is -2.52. The van der Waals surface area contributed by atoms with Crippen LogP contribution < -0.4 is 10.6 Å². The molecule has 17 heavy (non-hydrogen) atoms. The standard InChI is InChI=1S/C13H24N2O2/c1-10(11-6-2-4-8-14-11)15-13(16)12-7-3-5-9-17-12/h10-12,14H,2-9H2,1H3,(H,15,16). The number of nitrogens with one attached hydrogen (secondary N) is 2. The van der Waals surface area contributed by atoms with Gasteiger partial charge in [0.05, 0.1) is 0 Å². The van der Waals surface area contributed by atoms with Crippen LogP contribution in [0.4, 0.5) is 0 Å². The van der Waals surface area contributed by atoms with Gasteiger partial charge in [0.25, 0.3) is 0 Å². The average molecular weight is 240 g/mol. The summed E-state index contributed by atoms with van der Waals surface area (Å²) < 4.78 is 5.50. The van der Waals surface area contributed by atoms with E-state index in [4.69, 9.17) is 4.74 Å². The number of carbonyl (C=O) groups excluding carboxylic acids is 1. The molecule has 2 fully saturated rings. The molecular formula is C13H24N2O2. The first kappa shape index (κ1) is 12.8. The highest BCUT2D eigenvalue weighted by Crippen LogP contribution is 2.14. The van der Waals surface area contributed by atoms with Gasteiger partial charge in [-0.05, 0) is 45.6 Å². The van der Waals surface area contributed by atoms with E-state index in [-0.39, 0.29) is 18.1 Å². The number of rotatable bonds is 3. The van der Waals surface area contributed by atoms with Gasteiger partial charge in [-0.2, -0.15) is 0 Å². The van der Waals surface area contributed by atoms with Crippen LogP contribution in [0.25, 0.3) is 0 Å². The van der Waals surface area contributed by atoms with E-state index in [9.17, 15) is 4.79 Å². The van der Waals surface area contributed by atoms with Gasteiger partial charge in [-0.25, -0.2) is 0 Å². The highest BCUT2D eigenvalue weighted by molar-refractivity contribution is 5.81. The molecule has 4 nitrogen and oxygen atoms in total. The third-order valence-corrected chi connectivity index (χ3v) is 3.79. The third-order valence-electron chi connectivity index (χ3n) is 3.79. The Labute approximate surface area is 103 Å². The molecule has 0 aliphatic carbocycles. The number of hydrogen-bond acceptors (Lipinski definition) is 3. The molecule has 0 saturated carbocycles. The average Bonchev–Trinajstić information content (AvgIpc) is 2.40. The van der Waals surface area contributed by atoms with Crippen molar-refractivity contribution in [3.63, 3.8) is 0 Å². The Kier molecular flexibility index (Phi) is 4.80. The van der Waals surface area contributed by atoms with Crippen molar-refractivity contribution in [2.45, 2.75) is 63.6 Å². The van der Waals surface area contributed by atoms with Crippen LogP contribution in [0.5, 0.6) is 0 Å². The van der Waals surface area contributed by atoms with E-state index in [0.29, 0.717) is 6.04 Å². The third kappa shape index (κ3) is 3.68. The van der Waals surface area contributed by atoms with Gasteiger partial charge in [0, 0.05) is 18.7 Å². The molecule has 2 aliphatic heterocycles. The summed E-state index contributed by atoms with van der Waals surface area (Å²) in [6, 6.07) is 0.629. The number of hydrogen-bond donors (Lipinski definition) is 2. The Balaban J connectivity index is 1.76. The molecule has 2 saturated heterocycles. The smallest absolute Gasteiger partial charge is 0.249 e. The maximum atomic E-state index is 12.0. The molecule has 0 radical (unpaired) electrons. The van der Waals surface area contributed by atoms with Crippen molar-refractivity contribution in [3.8, 4) is 0 Å². The van der Waals surface area contributed by atoms with Gasteiger partial charge >= 0.3 is 0 Å². The molecule has 2 rings (SSSR count). The molecule has 0 bridgehead atoms. The minimum Gasteiger partial charge on any atom is -0.368 e. The number of carbonyl (C=O) groups is 1. The molecule has 1 amide bonds. The van der Waals surface area contributed by atoms with Crippen LogP contribution in [0.2, 0.25) is 0 Å². The molecule has 0 aromatic rings. The minimum atomic E-state index is -0.213. The largest absolute Gasteiger partial charge is 0.368 e. The molecular weight excluding hydrogens is 216 g/mol. The van der Waals surface area contributed by atoms with E-state index in [2.05, 4.69) is 17.6 Å². The molecule has 3 unspecified atom stereocenters. The van der Waals surface area contributed by atoms with E-state index in [0.717, 1.165) is 38.8 Å². The number of piperidine rings is 1. The molecule has 0 aromatic carbocycles. The van der Waals surface area contributed by atoms with Crippen LogP contribution in [0.3, 0.4) is 0 Å².